The number of hydrogen-bond donors (Lipinski definition) is 2. The molecule has 4 N–H and O–H groups in total. The Hall–Kier alpha value is -2.69. The first-order valence-electron chi connectivity index (χ1n) is 6.91. The van der Waals surface area contributed by atoms with Crippen molar-refractivity contribution in [2.45, 2.75) is 6.92 Å². The van der Waals surface area contributed by atoms with Crippen molar-refractivity contribution in [2.75, 3.05) is 0 Å². The van der Waals surface area contributed by atoms with Gasteiger partial charge in [0.05, 0.1) is 22.5 Å². The van der Waals surface area contributed by atoms with Gasteiger partial charge in [-0.05, 0) is 13.0 Å². The van der Waals surface area contributed by atoms with Crippen molar-refractivity contribution >= 4 is 58.2 Å². The molecular formula is C14H13Cl2N7O2S. The number of nitrogens with zero attached hydrogens (tertiary/aromatic N) is 5. The van der Waals surface area contributed by atoms with E-state index in [1.165, 1.54) is 29.7 Å². The third-order valence-corrected chi connectivity index (χ3v) is 4.47. The molecule has 0 saturated carbocycles. The highest BCUT2D eigenvalue weighted by Crippen LogP contribution is 2.33. The van der Waals surface area contributed by atoms with Crippen LogP contribution < -0.4 is 11.5 Å². The SMILES string of the molecule is Cc1cn2c(/C=N/N=C(N)N)c(-c3ccc(Cl)c([N+](=O)[O-])c3)nc2s1.Cl. The van der Waals surface area contributed by atoms with E-state index in [-0.39, 0.29) is 29.1 Å². The predicted molar refractivity (Wildman–Crippen MR) is 106 cm³/mol. The number of benzene rings is 1. The quantitative estimate of drug-likeness (QED) is 0.293. The van der Waals surface area contributed by atoms with Gasteiger partial charge in [-0.3, -0.25) is 14.5 Å². The minimum absolute atomic E-state index is 0. The van der Waals surface area contributed by atoms with Gasteiger partial charge in [0.2, 0.25) is 5.96 Å². The molecule has 3 aromatic rings. The first-order valence-corrected chi connectivity index (χ1v) is 8.11. The Bertz CT molecular complexity index is 1040. The second-order valence-electron chi connectivity index (χ2n) is 5.03. The van der Waals surface area contributed by atoms with Gasteiger partial charge in [0.15, 0.2) is 4.96 Å². The molecule has 1 aromatic carbocycles. The lowest BCUT2D eigenvalue weighted by Gasteiger charge is -2.01. The molecule has 0 spiro atoms. The van der Waals surface area contributed by atoms with Gasteiger partial charge < -0.3 is 11.5 Å². The monoisotopic (exact) mass is 413 g/mol. The third kappa shape index (κ3) is 3.77. The number of hydrogen-bond acceptors (Lipinski definition) is 6. The number of aryl methyl sites for hydroxylation is 1. The summed E-state index contributed by atoms with van der Waals surface area (Å²) in [5.41, 5.74) is 12.0. The predicted octanol–water partition coefficient (Wildman–Crippen LogP) is 2.96. The van der Waals surface area contributed by atoms with E-state index >= 15 is 0 Å². The summed E-state index contributed by atoms with van der Waals surface area (Å²) in [6.45, 7) is 1.95. The van der Waals surface area contributed by atoms with Gasteiger partial charge in [-0.15, -0.1) is 28.8 Å². The van der Waals surface area contributed by atoms with Gasteiger partial charge in [-0.1, -0.05) is 17.7 Å². The number of aromatic nitrogens is 2. The van der Waals surface area contributed by atoms with Gasteiger partial charge in [-0.25, -0.2) is 4.98 Å². The van der Waals surface area contributed by atoms with Crippen LogP contribution in [0.2, 0.25) is 5.02 Å². The fourth-order valence-electron chi connectivity index (χ4n) is 2.26. The molecule has 0 unspecified atom stereocenters. The van der Waals surface area contributed by atoms with E-state index in [9.17, 15) is 10.1 Å². The second-order valence-corrected chi connectivity index (χ2v) is 6.65. The van der Waals surface area contributed by atoms with Crippen LogP contribution in [0.15, 0.2) is 34.6 Å². The topological polar surface area (TPSA) is 137 Å². The zero-order valence-electron chi connectivity index (χ0n) is 13.3. The Morgan fingerprint density at radius 1 is 1.46 bits per heavy atom. The average molecular weight is 414 g/mol. The highest BCUT2D eigenvalue weighted by Gasteiger charge is 2.19. The Kier molecular flexibility index (Phi) is 5.80. The van der Waals surface area contributed by atoms with Crippen LogP contribution in [0.25, 0.3) is 16.2 Å². The maximum absolute atomic E-state index is 11.1. The number of rotatable bonds is 4. The van der Waals surface area contributed by atoms with Crippen LogP contribution in [0, 0.1) is 17.0 Å². The summed E-state index contributed by atoms with van der Waals surface area (Å²) >= 11 is 7.36. The summed E-state index contributed by atoms with van der Waals surface area (Å²) < 4.78 is 1.82. The molecule has 0 aliphatic heterocycles. The van der Waals surface area contributed by atoms with Crippen molar-refractivity contribution in [3.05, 3.63) is 50.1 Å². The average Bonchev–Trinajstić information content (AvgIpc) is 3.04. The molecule has 0 radical (unpaired) electrons. The standard InChI is InChI=1S/C14H12ClN7O2S.ClH/c1-7-6-21-11(5-18-20-13(16)17)12(19-14(21)25-7)8-2-3-9(15)10(4-8)22(23)24;/h2-6H,1H3,(H4,16,17,20);1H/b18-5+;. The fourth-order valence-corrected chi connectivity index (χ4v) is 3.28. The smallest absolute Gasteiger partial charge is 0.288 e. The summed E-state index contributed by atoms with van der Waals surface area (Å²) in [6, 6.07) is 4.50. The van der Waals surface area contributed by atoms with Gasteiger partial charge in [0.1, 0.15) is 5.02 Å². The van der Waals surface area contributed by atoms with Crippen LogP contribution in [-0.2, 0) is 0 Å². The number of thiazole rings is 1. The van der Waals surface area contributed by atoms with Crippen LogP contribution in [-0.4, -0.2) is 26.5 Å². The van der Waals surface area contributed by atoms with Crippen molar-refractivity contribution in [3.63, 3.8) is 0 Å². The van der Waals surface area contributed by atoms with Gasteiger partial charge in [0.25, 0.3) is 5.69 Å². The number of halogens is 2. The van der Waals surface area contributed by atoms with Crippen LogP contribution in [0.3, 0.4) is 0 Å². The highest BCUT2D eigenvalue weighted by atomic mass is 35.5. The number of imidazole rings is 1. The number of guanidine groups is 1. The molecule has 2 heterocycles. The summed E-state index contributed by atoms with van der Waals surface area (Å²) in [6.07, 6.45) is 3.33. The normalized spacial score (nSPS) is 10.8. The van der Waals surface area contributed by atoms with E-state index in [4.69, 9.17) is 23.1 Å². The minimum atomic E-state index is -0.540. The van der Waals surface area contributed by atoms with E-state index in [1.54, 1.807) is 6.07 Å². The van der Waals surface area contributed by atoms with E-state index < -0.39 is 4.92 Å². The fraction of sp³-hybridized carbons (Fsp3) is 0.0714. The maximum atomic E-state index is 11.1. The molecule has 0 bridgehead atoms. The number of nitro groups is 1. The largest absolute Gasteiger partial charge is 0.369 e. The molecule has 2 aromatic heterocycles. The molecule has 9 nitrogen and oxygen atoms in total. The van der Waals surface area contributed by atoms with Crippen molar-refractivity contribution in [1.82, 2.24) is 9.38 Å². The van der Waals surface area contributed by atoms with E-state index in [0.717, 1.165) is 9.84 Å². The number of nitro benzene ring substituents is 1. The van der Waals surface area contributed by atoms with Crippen molar-refractivity contribution in [3.8, 4) is 11.3 Å². The molecule has 0 aliphatic rings. The lowest BCUT2D eigenvalue weighted by atomic mass is 10.1. The lowest BCUT2D eigenvalue weighted by Crippen LogP contribution is -2.21. The molecule has 0 amide bonds. The molecule has 0 aliphatic carbocycles. The van der Waals surface area contributed by atoms with Crippen molar-refractivity contribution in [1.29, 1.82) is 0 Å². The Morgan fingerprint density at radius 3 is 2.85 bits per heavy atom. The van der Waals surface area contributed by atoms with Crippen LogP contribution in [0.1, 0.15) is 10.6 Å². The molecule has 0 saturated heterocycles. The molecular weight excluding hydrogens is 401 g/mol. The van der Waals surface area contributed by atoms with Crippen LogP contribution in [0.5, 0.6) is 0 Å². The Labute approximate surface area is 162 Å². The zero-order valence-corrected chi connectivity index (χ0v) is 15.7. The molecule has 136 valence electrons. The summed E-state index contributed by atoms with van der Waals surface area (Å²) in [5, 5.41) is 18.6. The molecule has 0 fully saturated rings. The molecule has 3 rings (SSSR count). The molecule has 26 heavy (non-hydrogen) atoms. The third-order valence-electron chi connectivity index (χ3n) is 3.25. The first kappa shape index (κ1) is 19.6. The van der Waals surface area contributed by atoms with Gasteiger partial charge in [-0.2, -0.15) is 5.10 Å². The lowest BCUT2D eigenvalue weighted by molar-refractivity contribution is -0.384. The first-order chi connectivity index (χ1) is 11.9. The molecule has 0 atom stereocenters. The van der Waals surface area contributed by atoms with E-state index in [2.05, 4.69) is 15.2 Å². The molecule has 12 heteroatoms. The van der Waals surface area contributed by atoms with Gasteiger partial charge >= 0.3 is 0 Å². The summed E-state index contributed by atoms with van der Waals surface area (Å²) in [5.74, 6) is -0.179. The second kappa shape index (κ2) is 7.68. The van der Waals surface area contributed by atoms with Gasteiger partial charge in [0, 0.05) is 22.7 Å². The number of nitrogens with two attached hydrogens (primary N) is 2. The number of fused-ring (bicyclic) bond motifs is 1. The van der Waals surface area contributed by atoms with Crippen LogP contribution in [0.4, 0.5) is 5.69 Å². The van der Waals surface area contributed by atoms with E-state index in [1.807, 2.05) is 17.5 Å². The van der Waals surface area contributed by atoms with Crippen molar-refractivity contribution in [2.24, 2.45) is 21.7 Å². The highest BCUT2D eigenvalue weighted by molar-refractivity contribution is 7.17. The summed E-state index contributed by atoms with van der Waals surface area (Å²) in [4.78, 5) is 16.9. The Morgan fingerprint density at radius 2 is 2.19 bits per heavy atom. The summed E-state index contributed by atoms with van der Waals surface area (Å²) in [7, 11) is 0. The van der Waals surface area contributed by atoms with Crippen LogP contribution >= 0.6 is 35.3 Å². The van der Waals surface area contributed by atoms with Crippen molar-refractivity contribution < 1.29 is 4.92 Å². The van der Waals surface area contributed by atoms with E-state index in [0.29, 0.717) is 17.0 Å². The maximum Gasteiger partial charge on any atom is 0.288 e. The minimum Gasteiger partial charge on any atom is -0.369 e. The Balaban J connectivity index is 0.00000243. The zero-order chi connectivity index (χ0) is 18.1.